The van der Waals surface area contributed by atoms with Crippen LogP contribution in [0.3, 0.4) is 0 Å². The van der Waals surface area contributed by atoms with Gasteiger partial charge in [-0.3, -0.25) is 9.79 Å². The molecule has 1 N–H and O–H groups in total. The van der Waals surface area contributed by atoms with Gasteiger partial charge in [0.1, 0.15) is 18.4 Å². The van der Waals surface area contributed by atoms with Crippen molar-refractivity contribution in [2.45, 2.75) is 70.7 Å². The number of fused-ring (bicyclic) bond motifs is 7. The van der Waals surface area contributed by atoms with E-state index in [1.54, 1.807) is 0 Å². The van der Waals surface area contributed by atoms with E-state index in [0.717, 1.165) is 70.3 Å². The summed E-state index contributed by atoms with van der Waals surface area (Å²) in [7, 11) is 1.33. The quantitative estimate of drug-likeness (QED) is 0.372. The number of halogens is 1. The molecule has 212 valence electrons. The molecule has 7 nitrogen and oxygen atoms in total. The van der Waals surface area contributed by atoms with Crippen molar-refractivity contribution in [3.63, 3.8) is 0 Å². The number of hydrogen-bond donors (Lipinski definition) is 1. The van der Waals surface area contributed by atoms with Crippen molar-refractivity contribution in [1.82, 2.24) is 10.2 Å². The summed E-state index contributed by atoms with van der Waals surface area (Å²) in [5.41, 5.74) is 6.51. The van der Waals surface area contributed by atoms with Crippen molar-refractivity contribution in [2.75, 3.05) is 7.11 Å². The molecule has 0 unspecified atom stereocenters. The van der Waals surface area contributed by atoms with E-state index in [9.17, 15) is 9.59 Å². The predicted octanol–water partition coefficient (Wildman–Crippen LogP) is 6.83. The van der Waals surface area contributed by atoms with E-state index in [0.29, 0.717) is 24.0 Å². The van der Waals surface area contributed by atoms with E-state index in [2.05, 4.69) is 40.5 Å². The average molecular weight is 572 g/mol. The molecule has 3 aromatic carbocycles. The van der Waals surface area contributed by atoms with E-state index in [-0.39, 0.29) is 23.9 Å². The maximum Gasteiger partial charge on any atom is 0.407 e. The van der Waals surface area contributed by atoms with Gasteiger partial charge in [0.05, 0.1) is 18.8 Å². The Bertz CT molecular complexity index is 1620. The monoisotopic (exact) mass is 571 g/mol. The van der Waals surface area contributed by atoms with Crippen LogP contribution in [0.2, 0.25) is 5.02 Å². The first-order valence-electron chi connectivity index (χ1n) is 14.6. The van der Waals surface area contributed by atoms with Gasteiger partial charge >= 0.3 is 6.09 Å². The van der Waals surface area contributed by atoms with Crippen molar-refractivity contribution in [3.05, 3.63) is 58.6 Å². The fourth-order valence-electron chi connectivity index (χ4n) is 7.45. The molecule has 1 saturated heterocycles. The Balaban J connectivity index is 1.22. The first-order chi connectivity index (χ1) is 19.8. The van der Waals surface area contributed by atoms with Crippen LogP contribution in [0, 0.1) is 11.8 Å². The van der Waals surface area contributed by atoms with Crippen LogP contribution in [-0.4, -0.2) is 47.8 Å². The number of ether oxygens (including phenoxy) is 2. The SMILES string of the molecule is COC(=O)N[C@H](C(=O)N1[C@H](C2=Nc3ccc4cc5c(cc4c3C2)OCc2cc(Cl)ccc2-5)C[C@@H]2CCC[C@@H]21)C(C)C. The highest BCUT2D eigenvalue weighted by Crippen LogP contribution is 2.47. The molecular weight excluding hydrogens is 538 g/mol. The number of hydrogen-bond acceptors (Lipinski definition) is 5. The number of nitrogens with zero attached hydrogens (tertiary/aromatic N) is 2. The molecule has 4 atom stereocenters. The second-order valence-corrected chi connectivity index (χ2v) is 12.6. The Hall–Kier alpha value is -3.58. The normalized spacial score (nSPS) is 22.9. The smallest absolute Gasteiger partial charge is 0.407 e. The van der Waals surface area contributed by atoms with Gasteiger partial charge in [-0.15, -0.1) is 0 Å². The number of alkyl carbamates (subject to hydrolysis) is 1. The highest BCUT2D eigenvalue weighted by molar-refractivity contribution is 6.30. The number of carbonyl (C=O) groups is 2. The molecule has 1 aliphatic carbocycles. The molecule has 0 radical (unpaired) electrons. The van der Waals surface area contributed by atoms with Crippen molar-refractivity contribution >= 4 is 45.8 Å². The number of nitrogens with one attached hydrogen (secondary N) is 1. The number of likely N-dealkylation sites (tertiary alicyclic amines) is 1. The number of rotatable bonds is 4. The third-order valence-corrected chi connectivity index (χ3v) is 9.67. The molecule has 2 fully saturated rings. The van der Waals surface area contributed by atoms with Gasteiger partial charge in [0.25, 0.3) is 0 Å². The largest absolute Gasteiger partial charge is 0.488 e. The highest BCUT2D eigenvalue weighted by atomic mass is 35.5. The molecule has 1 saturated carbocycles. The van der Waals surface area contributed by atoms with Gasteiger partial charge < -0.3 is 19.7 Å². The molecule has 41 heavy (non-hydrogen) atoms. The molecule has 2 amide bonds. The van der Waals surface area contributed by atoms with Crippen molar-refractivity contribution < 1.29 is 19.1 Å². The second-order valence-electron chi connectivity index (χ2n) is 12.1. The lowest BCUT2D eigenvalue weighted by atomic mass is 9.91. The Morgan fingerprint density at radius 3 is 2.78 bits per heavy atom. The summed E-state index contributed by atoms with van der Waals surface area (Å²) in [6.45, 7) is 4.41. The first kappa shape index (κ1) is 26.3. The minimum Gasteiger partial charge on any atom is -0.488 e. The molecule has 3 heterocycles. The van der Waals surface area contributed by atoms with E-state index in [4.69, 9.17) is 26.1 Å². The first-order valence-corrected chi connectivity index (χ1v) is 15.0. The molecule has 4 aliphatic rings. The van der Waals surface area contributed by atoms with E-state index in [1.165, 1.54) is 12.7 Å². The zero-order valence-electron chi connectivity index (χ0n) is 23.6. The number of amides is 2. The van der Waals surface area contributed by atoms with Crippen molar-refractivity contribution in [2.24, 2.45) is 16.8 Å². The molecule has 0 bridgehead atoms. The summed E-state index contributed by atoms with van der Waals surface area (Å²) in [5.74, 6) is 1.23. The Morgan fingerprint density at radius 1 is 1.12 bits per heavy atom. The maximum atomic E-state index is 14.1. The van der Waals surface area contributed by atoms with Crippen LogP contribution >= 0.6 is 11.6 Å². The van der Waals surface area contributed by atoms with Crippen LogP contribution in [0.15, 0.2) is 47.5 Å². The zero-order chi connectivity index (χ0) is 28.4. The minimum absolute atomic E-state index is 0.0328. The predicted molar refractivity (Wildman–Crippen MR) is 160 cm³/mol. The summed E-state index contributed by atoms with van der Waals surface area (Å²) in [5, 5.41) is 5.79. The topological polar surface area (TPSA) is 80.2 Å². The zero-order valence-corrected chi connectivity index (χ0v) is 24.3. The van der Waals surface area contributed by atoms with Crippen LogP contribution in [0.5, 0.6) is 5.75 Å². The number of benzene rings is 3. The molecular formula is C33H34ClN3O4. The van der Waals surface area contributed by atoms with Gasteiger partial charge in [-0.05, 0) is 88.9 Å². The lowest BCUT2D eigenvalue weighted by molar-refractivity contribution is -0.136. The van der Waals surface area contributed by atoms with Gasteiger partial charge in [0.2, 0.25) is 5.91 Å². The lowest BCUT2D eigenvalue weighted by Gasteiger charge is -2.34. The third-order valence-electron chi connectivity index (χ3n) is 9.44. The lowest BCUT2D eigenvalue weighted by Crippen LogP contribution is -2.56. The second kappa shape index (κ2) is 10.1. The van der Waals surface area contributed by atoms with Crippen LogP contribution < -0.4 is 10.1 Å². The van der Waals surface area contributed by atoms with E-state index < -0.39 is 12.1 Å². The van der Waals surface area contributed by atoms with E-state index >= 15 is 0 Å². The summed E-state index contributed by atoms with van der Waals surface area (Å²) < 4.78 is 11.0. The summed E-state index contributed by atoms with van der Waals surface area (Å²) in [6, 6.07) is 14.0. The fraction of sp³-hybridized carbons (Fsp3) is 0.424. The van der Waals surface area contributed by atoms with Gasteiger partial charge in [0, 0.05) is 28.8 Å². The third kappa shape index (κ3) is 4.37. The highest BCUT2D eigenvalue weighted by Gasteiger charge is 2.50. The molecule has 0 aromatic heterocycles. The minimum atomic E-state index is -0.643. The Kier molecular flexibility index (Phi) is 6.45. The van der Waals surface area contributed by atoms with E-state index in [1.807, 2.05) is 26.0 Å². The van der Waals surface area contributed by atoms with Gasteiger partial charge in [-0.1, -0.05) is 44.0 Å². The van der Waals surface area contributed by atoms with Crippen molar-refractivity contribution in [1.29, 1.82) is 0 Å². The summed E-state index contributed by atoms with van der Waals surface area (Å²) >= 11 is 6.24. The van der Waals surface area contributed by atoms with Crippen molar-refractivity contribution in [3.8, 4) is 16.9 Å². The van der Waals surface area contributed by atoms with Crippen LogP contribution in [0.25, 0.3) is 21.9 Å². The Labute approximate surface area is 244 Å². The number of carbonyl (C=O) groups excluding carboxylic acids is 2. The molecule has 0 spiro atoms. The van der Waals surface area contributed by atoms with Crippen LogP contribution in [-0.2, 0) is 22.6 Å². The summed E-state index contributed by atoms with van der Waals surface area (Å²) in [4.78, 5) is 33.4. The summed E-state index contributed by atoms with van der Waals surface area (Å²) in [6.07, 6.45) is 4.28. The molecule has 8 heteroatoms. The van der Waals surface area contributed by atoms with Gasteiger partial charge in [-0.2, -0.15) is 0 Å². The fourth-order valence-corrected chi connectivity index (χ4v) is 7.65. The average Bonchev–Trinajstić information content (AvgIpc) is 3.68. The van der Waals surface area contributed by atoms with Gasteiger partial charge in [-0.25, -0.2) is 4.79 Å². The standard InChI is InChI=1S/C33H34ClN3O4/c1-17(2)31(36-33(39)40-3)32(38)37-28-6-4-5-19(28)13-29(37)27-14-24-23-15-30-25(12-18(23)7-10-26(24)35-27)22-9-8-21(34)11-20(22)16-41-30/h7-12,15,17,19,28-29,31H,4-6,13-14,16H2,1-3H3,(H,36,39)/t19-,28-,29-,31-/m0/s1. The molecule has 7 rings (SSSR count). The van der Waals surface area contributed by atoms with Crippen LogP contribution in [0.4, 0.5) is 10.5 Å². The molecule has 3 aliphatic heterocycles. The molecule has 3 aromatic rings. The Morgan fingerprint density at radius 2 is 1.98 bits per heavy atom. The number of methoxy groups -OCH3 is 1. The number of aliphatic imine (C=N–C) groups is 1. The van der Waals surface area contributed by atoms with Gasteiger partial charge in [0.15, 0.2) is 0 Å². The van der Waals surface area contributed by atoms with Crippen LogP contribution in [0.1, 0.15) is 50.7 Å². The maximum absolute atomic E-state index is 14.1.